The molecule has 0 aliphatic heterocycles. The van der Waals surface area contributed by atoms with Crippen molar-refractivity contribution in [3.63, 3.8) is 0 Å². The number of rotatable bonds is 10. The number of fused-ring (bicyclic) bond motifs is 9. The van der Waals surface area contributed by atoms with E-state index in [1.807, 2.05) is 0 Å². The molecule has 0 spiro atoms. The van der Waals surface area contributed by atoms with E-state index in [1.165, 1.54) is 251 Å². The van der Waals surface area contributed by atoms with Crippen LogP contribution in [0.25, 0.3) is 251 Å². The van der Waals surface area contributed by atoms with Crippen LogP contribution in [0.2, 0.25) is 0 Å². The Kier molecular flexibility index (Phi) is 18.1. The minimum absolute atomic E-state index is 1.21. The molecular formula is C126H80. The molecule has 0 heteroatoms. The average Bonchev–Trinajstić information content (AvgIpc) is 0.693. The van der Waals surface area contributed by atoms with E-state index in [9.17, 15) is 0 Å². The summed E-state index contributed by atoms with van der Waals surface area (Å²) in [5, 5.41) is 33.9. The van der Waals surface area contributed by atoms with E-state index in [0.717, 1.165) is 0 Å². The van der Waals surface area contributed by atoms with Crippen molar-refractivity contribution < 1.29 is 0 Å². The first-order valence-corrected chi connectivity index (χ1v) is 43.7. The summed E-state index contributed by atoms with van der Waals surface area (Å²) in [4.78, 5) is 0. The second-order valence-corrected chi connectivity index (χ2v) is 33.5. The molecule has 0 radical (unpaired) electrons. The molecule has 0 aromatic heterocycles. The van der Waals surface area contributed by atoms with Crippen LogP contribution in [0, 0.1) is 0 Å². The lowest BCUT2D eigenvalue weighted by Crippen LogP contribution is -1.90. The standard InChI is InChI=1S/C46H32.C42H24.C38H24/c1-5-15-33(16-6-1)37-27-38(34-17-7-2-8-18-34)30-41(29-37)43-25-26-44(46-24-14-13-23-45(43)46)42-31-39(35-19-9-3-10-20-35)28-40(32-42)36-21-11-4-12-22-36;1-5-25-13-15-29-17-21-35(37-23-19-27(7-1)39(25)41(29)37)33-11-3-10-32-31(33)9-4-12-34(32)36-22-18-30-16-14-26-6-2-8-28-20-24-38(36)42(30)40(26)28;1-3-13-27-25(11-1)23-37(33-19-9-5-15-29(27)33)35-21-22-36(32-18-8-7-17-31(32)35)38-24-26-12-2-4-14-28(26)30-16-6-10-20-34(30)38/h1-32H;1-24H;1-24H. The molecule has 0 heterocycles. The third-order valence-corrected chi connectivity index (χ3v) is 26.4. The van der Waals surface area contributed by atoms with E-state index < -0.39 is 0 Å². The lowest BCUT2D eigenvalue weighted by molar-refractivity contribution is 1.56. The van der Waals surface area contributed by atoms with Gasteiger partial charge < -0.3 is 0 Å². The summed E-state index contributed by atoms with van der Waals surface area (Å²) < 4.78 is 0. The van der Waals surface area contributed by atoms with Gasteiger partial charge in [-0.2, -0.15) is 0 Å². The van der Waals surface area contributed by atoms with Crippen molar-refractivity contribution >= 4 is 140 Å². The molecule has 0 nitrogen and oxygen atoms in total. The molecule has 0 bridgehead atoms. The Morgan fingerprint density at radius 3 is 0.627 bits per heavy atom. The normalized spacial score (nSPS) is 11.7. The van der Waals surface area contributed by atoms with Gasteiger partial charge in [0.2, 0.25) is 0 Å². The summed E-state index contributed by atoms with van der Waals surface area (Å²) in [7, 11) is 0. The molecule has 0 N–H and O–H groups in total. The molecule has 126 heavy (non-hydrogen) atoms. The first-order chi connectivity index (χ1) is 62.5. The maximum absolute atomic E-state index is 2.37. The highest BCUT2D eigenvalue weighted by Gasteiger charge is 2.22. The SMILES string of the molecule is c1cc2ccc3ccc(-c4cccc5c(-c6ccc7ccc8cccc9ccc6c7c89)cccc45)c4ccc(c1)c2c34.c1ccc(-c2cc(-c3ccccc3)cc(-c3ccc(-c4cc(-c5ccccc5)cc(-c5ccccc5)c4)c4ccccc34)c2)cc1.c1ccc2c(c1)cc(-c1ccc(-c3cc4ccccc4c4ccccc34)c3ccccc13)c1ccccc12. The summed E-state index contributed by atoms with van der Waals surface area (Å²) in [6, 6.07) is 178. The Bertz CT molecular complexity index is 8090. The van der Waals surface area contributed by atoms with Crippen LogP contribution in [0.1, 0.15) is 0 Å². The Morgan fingerprint density at radius 2 is 0.286 bits per heavy atom. The zero-order valence-corrected chi connectivity index (χ0v) is 69.2. The van der Waals surface area contributed by atoms with Crippen LogP contribution in [-0.2, 0) is 0 Å². The van der Waals surface area contributed by atoms with Crippen LogP contribution in [0.15, 0.2) is 485 Å². The molecule has 0 saturated carbocycles. The second-order valence-electron chi connectivity index (χ2n) is 33.5. The fourth-order valence-corrected chi connectivity index (χ4v) is 20.6. The lowest BCUT2D eigenvalue weighted by atomic mass is 9.86. The molecular weight excluding hydrogens is 1510 g/mol. The minimum Gasteiger partial charge on any atom is -0.0622 e. The third-order valence-electron chi connectivity index (χ3n) is 26.4. The van der Waals surface area contributed by atoms with Gasteiger partial charge in [-0.05, 0) is 300 Å². The Morgan fingerprint density at radius 1 is 0.0794 bits per heavy atom. The van der Waals surface area contributed by atoms with Gasteiger partial charge >= 0.3 is 0 Å². The Hall–Kier alpha value is -16.4. The monoisotopic (exact) mass is 1590 g/mol. The van der Waals surface area contributed by atoms with Crippen molar-refractivity contribution in [2.45, 2.75) is 0 Å². The van der Waals surface area contributed by atoms with Gasteiger partial charge in [0.25, 0.3) is 0 Å². The smallest absolute Gasteiger partial charge is 0.00206 e. The zero-order valence-electron chi connectivity index (χ0n) is 69.2. The minimum atomic E-state index is 1.21. The number of hydrogen-bond donors (Lipinski definition) is 0. The first-order valence-electron chi connectivity index (χ1n) is 43.7. The van der Waals surface area contributed by atoms with E-state index in [2.05, 4.69) is 485 Å². The second kappa shape index (κ2) is 30.9. The predicted octanol–water partition coefficient (Wildman–Crippen LogP) is 35.6. The van der Waals surface area contributed by atoms with Gasteiger partial charge in [0.1, 0.15) is 0 Å². The van der Waals surface area contributed by atoms with Crippen molar-refractivity contribution in [1.29, 1.82) is 0 Å². The van der Waals surface area contributed by atoms with Gasteiger partial charge in [0.05, 0.1) is 0 Å². The van der Waals surface area contributed by atoms with Gasteiger partial charge in [-0.1, -0.05) is 437 Å². The average molecular weight is 1590 g/mol. The van der Waals surface area contributed by atoms with Crippen molar-refractivity contribution in [3.8, 4) is 111 Å². The van der Waals surface area contributed by atoms with E-state index in [0.29, 0.717) is 0 Å². The third kappa shape index (κ3) is 12.8. The van der Waals surface area contributed by atoms with Gasteiger partial charge in [-0.15, -0.1) is 0 Å². The maximum atomic E-state index is 2.37. The van der Waals surface area contributed by atoms with Gasteiger partial charge in [-0.3, -0.25) is 0 Å². The number of benzene rings is 26. The zero-order chi connectivity index (χ0) is 83.1. The summed E-state index contributed by atoms with van der Waals surface area (Å²) in [5.74, 6) is 0. The van der Waals surface area contributed by atoms with Crippen LogP contribution in [0.5, 0.6) is 0 Å². The Labute approximate surface area is 731 Å². The van der Waals surface area contributed by atoms with Crippen LogP contribution >= 0.6 is 0 Å². The van der Waals surface area contributed by atoms with Crippen molar-refractivity contribution in [3.05, 3.63) is 485 Å². The van der Waals surface area contributed by atoms with Gasteiger partial charge in [0, 0.05) is 0 Å². The van der Waals surface area contributed by atoms with E-state index in [1.54, 1.807) is 0 Å². The van der Waals surface area contributed by atoms with Crippen molar-refractivity contribution in [2.75, 3.05) is 0 Å². The quantitative estimate of drug-likeness (QED) is 0.120. The van der Waals surface area contributed by atoms with E-state index in [-0.39, 0.29) is 0 Å². The molecule has 26 rings (SSSR count). The summed E-state index contributed by atoms with van der Waals surface area (Å²) in [6.45, 7) is 0. The highest BCUT2D eigenvalue weighted by atomic mass is 14.3. The van der Waals surface area contributed by atoms with Crippen molar-refractivity contribution in [2.24, 2.45) is 0 Å². The molecule has 0 aliphatic carbocycles. The van der Waals surface area contributed by atoms with Gasteiger partial charge in [0.15, 0.2) is 0 Å². The number of hydrogen-bond acceptors (Lipinski definition) is 0. The molecule has 26 aromatic carbocycles. The largest absolute Gasteiger partial charge is 0.0622 e. The molecule has 0 atom stereocenters. The maximum Gasteiger partial charge on any atom is -0.00206 e. The van der Waals surface area contributed by atoms with E-state index in [4.69, 9.17) is 0 Å². The molecule has 0 saturated heterocycles. The van der Waals surface area contributed by atoms with Crippen LogP contribution in [0.4, 0.5) is 0 Å². The first kappa shape index (κ1) is 73.5. The van der Waals surface area contributed by atoms with Gasteiger partial charge in [-0.25, -0.2) is 0 Å². The summed E-state index contributed by atoms with van der Waals surface area (Å²) >= 11 is 0. The topological polar surface area (TPSA) is 0 Å². The molecule has 26 aromatic rings. The molecule has 584 valence electrons. The van der Waals surface area contributed by atoms with E-state index >= 15 is 0 Å². The fraction of sp³-hybridized carbons (Fsp3) is 0. The molecule has 0 fully saturated rings. The van der Waals surface area contributed by atoms with Crippen LogP contribution in [-0.4, -0.2) is 0 Å². The highest BCUT2D eigenvalue weighted by molar-refractivity contribution is 6.29. The lowest BCUT2D eigenvalue weighted by Gasteiger charge is -2.17. The predicted molar refractivity (Wildman–Crippen MR) is 544 cm³/mol. The molecule has 0 unspecified atom stereocenters. The van der Waals surface area contributed by atoms with Crippen molar-refractivity contribution in [1.82, 2.24) is 0 Å². The molecule has 0 amide bonds. The fourth-order valence-electron chi connectivity index (χ4n) is 20.6. The van der Waals surface area contributed by atoms with Crippen LogP contribution < -0.4 is 0 Å². The highest BCUT2D eigenvalue weighted by Crippen LogP contribution is 2.49. The summed E-state index contributed by atoms with van der Waals surface area (Å²) in [6.07, 6.45) is 0. The summed E-state index contributed by atoms with van der Waals surface area (Å²) in [5.41, 5.74) is 24.9. The van der Waals surface area contributed by atoms with Crippen LogP contribution in [0.3, 0.4) is 0 Å². The molecule has 0 aliphatic rings. The Balaban J connectivity index is 0.000000106.